The molecular formula is C17H26N2O4S. The van der Waals surface area contributed by atoms with Gasteiger partial charge in [0.1, 0.15) is 0 Å². The maximum Gasteiger partial charge on any atom is 0.251 e. The van der Waals surface area contributed by atoms with E-state index in [1.165, 1.54) is 10.4 Å². The third-order valence-corrected chi connectivity index (χ3v) is 5.75. The highest BCUT2D eigenvalue weighted by Crippen LogP contribution is 2.21. The van der Waals surface area contributed by atoms with E-state index >= 15 is 0 Å². The summed E-state index contributed by atoms with van der Waals surface area (Å²) in [6.07, 6.45) is 2.67. The van der Waals surface area contributed by atoms with E-state index in [2.05, 4.69) is 5.32 Å². The maximum absolute atomic E-state index is 12.5. The van der Waals surface area contributed by atoms with Crippen LogP contribution < -0.4 is 5.32 Å². The molecule has 1 aliphatic rings. The zero-order valence-electron chi connectivity index (χ0n) is 14.3. The first-order valence-corrected chi connectivity index (χ1v) is 9.85. The lowest BCUT2D eigenvalue weighted by atomic mass is 10.2. The summed E-state index contributed by atoms with van der Waals surface area (Å²) in [7, 11) is -3.50. The smallest absolute Gasteiger partial charge is 0.251 e. The lowest BCUT2D eigenvalue weighted by Gasteiger charge is -2.16. The molecule has 0 bridgehead atoms. The van der Waals surface area contributed by atoms with Crippen molar-refractivity contribution < 1.29 is 17.9 Å². The van der Waals surface area contributed by atoms with E-state index in [1.807, 2.05) is 13.8 Å². The molecular weight excluding hydrogens is 328 g/mol. The van der Waals surface area contributed by atoms with Gasteiger partial charge in [0.15, 0.2) is 0 Å². The minimum atomic E-state index is -3.50. The Hall–Kier alpha value is -1.44. The Morgan fingerprint density at radius 3 is 2.67 bits per heavy atom. The van der Waals surface area contributed by atoms with Crippen LogP contribution in [0, 0.1) is 0 Å². The van der Waals surface area contributed by atoms with Crippen LogP contribution in [-0.2, 0) is 14.8 Å². The second-order valence-electron chi connectivity index (χ2n) is 6.17. The molecule has 6 nitrogen and oxygen atoms in total. The molecule has 24 heavy (non-hydrogen) atoms. The van der Waals surface area contributed by atoms with Gasteiger partial charge in [0.05, 0.1) is 11.0 Å². The number of amides is 1. The van der Waals surface area contributed by atoms with E-state index in [0.29, 0.717) is 31.8 Å². The van der Waals surface area contributed by atoms with E-state index < -0.39 is 10.0 Å². The Morgan fingerprint density at radius 2 is 2.00 bits per heavy atom. The van der Waals surface area contributed by atoms with Crippen LogP contribution in [0.3, 0.4) is 0 Å². The Balaban J connectivity index is 1.95. The molecule has 1 saturated heterocycles. The van der Waals surface area contributed by atoms with Crippen LogP contribution in [0.2, 0.25) is 0 Å². The van der Waals surface area contributed by atoms with Crippen LogP contribution in [0.15, 0.2) is 29.2 Å². The van der Waals surface area contributed by atoms with Crippen molar-refractivity contribution in [3.05, 3.63) is 29.8 Å². The molecule has 0 aliphatic carbocycles. The van der Waals surface area contributed by atoms with E-state index in [9.17, 15) is 13.2 Å². The van der Waals surface area contributed by atoms with E-state index in [4.69, 9.17) is 4.74 Å². The van der Waals surface area contributed by atoms with Crippen LogP contribution in [0.25, 0.3) is 0 Å². The lowest BCUT2D eigenvalue weighted by molar-refractivity contribution is 0.0757. The minimum Gasteiger partial charge on any atom is -0.379 e. The van der Waals surface area contributed by atoms with Crippen molar-refractivity contribution in [1.29, 1.82) is 0 Å². The maximum atomic E-state index is 12.5. The fourth-order valence-electron chi connectivity index (χ4n) is 2.57. The van der Waals surface area contributed by atoms with Crippen molar-refractivity contribution in [2.24, 2.45) is 0 Å². The van der Waals surface area contributed by atoms with Crippen molar-refractivity contribution in [2.75, 3.05) is 26.2 Å². The Bertz CT molecular complexity index is 652. The molecule has 0 atom stereocenters. The van der Waals surface area contributed by atoms with Crippen molar-refractivity contribution in [1.82, 2.24) is 9.62 Å². The first kappa shape index (κ1) is 18.9. The number of ether oxygens (including phenoxy) is 1. The highest BCUT2D eigenvalue weighted by Gasteiger charge is 2.27. The Morgan fingerprint density at radius 1 is 1.29 bits per heavy atom. The zero-order chi connectivity index (χ0) is 17.6. The number of carbonyl (C=O) groups is 1. The molecule has 134 valence electrons. The van der Waals surface area contributed by atoms with E-state index in [-0.39, 0.29) is 16.9 Å². The average molecular weight is 354 g/mol. The molecule has 1 heterocycles. The first-order valence-electron chi connectivity index (χ1n) is 8.41. The van der Waals surface area contributed by atoms with Gasteiger partial charge in [-0.15, -0.1) is 0 Å². The number of sulfonamides is 1. The highest BCUT2D eigenvalue weighted by molar-refractivity contribution is 7.89. The molecule has 1 aromatic carbocycles. The number of benzene rings is 1. The van der Waals surface area contributed by atoms with Gasteiger partial charge in [0.25, 0.3) is 5.91 Å². The summed E-state index contributed by atoms with van der Waals surface area (Å²) in [5.41, 5.74) is 0.361. The molecule has 0 spiro atoms. The van der Waals surface area contributed by atoms with Gasteiger partial charge in [-0.25, -0.2) is 8.42 Å². The van der Waals surface area contributed by atoms with Crippen molar-refractivity contribution in [2.45, 2.75) is 44.1 Å². The zero-order valence-corrected chi connectivity index (χ0v) is 15.1. The predicted molar refractivity (Wildman–Crippen MR) is 92.5 cm³/mol. The van der Waals surface area contributed by atoms with Crippen molar-refractivity contribution >= 4 is 15.9 Å². The van der Waals surface area contributed by atoms with Gasteiger partial charge >= 0.3 is 0 Å². The quantitative estimate of drug-likeness (QED) is 0.725. The van der Waals surface area contributed by atoms with Crippen LogP contribution in [-0.4, -0.2) is 51.0 Å². The van der Waals surface area contributed by atoms with Crippen LogP contribution in [0.5, 0.6) is 0 Å². The van der Waals surface area contributed by atoms with Crippen molar-refractivity contribution in [3.63, 3.8) is 0 Å². The highest BCUT2D eigenvalue weighted by atomic mass is 32.2. The minimum absolute atomic E-state index is 0.174. The summed E-state index contributed by atoms with van der Waals surface area (Å²) in [5, 5.41) is 2.79. The van der Waals surface area contributed by atoms with Gasteiger partial charge in [-0.1, -0.05) is 6.07 Å². The lowest BCUT2D eigenvalue weighted by Crippen LogP contribution is -2.29. The Labute approximate surface area is 144 Å². The third kappa shape index (κ3) is 5.03. The summed E-state index contributed by atoms with van der Waals surface area (Å²) >= 11 is 0. The van der Waals surface area contributed by atoms with Crippen LogP contribution in [0.1, 0.15) is 43.5 Å². The molecule has 0 radical (unpaired) electrons. The molecule has 1 N–H and O–H groups in total. The third-order valence-electron chi connectivity index (χ3n) is 3.86. The number of rotatable bonds is 8. The predicted octanol–water partition coefficient (Wildman–Crippen LogP) is 2.02. The van der Waals surface area contributed by atoms with E-state index in [0.717, 1.165) is 19.3 Å². The Kier molecular flexibility index (Phi) is 6.77. The summed E-state index contributed by atoms with van der Waals surface area (Å²) in [5.74, 6) is -0.266. The van der Waals surface area contributed by atoms with Gasteiger partial charge in [0.2, 0.25) is 10.0 Å². The number of hydrogen-bond acceptors (Lipinski definition) is 4. The molecule has 0 saturated carbocycles. The molecule has 7 heteroatoms. The summed E-state index contributed by atoms with van der Waals surface area (Å²) in [6.45, 7) is 6.11. The van der Waals surface area contributed by atoms with E-state index in [1.54, 1.807) is 18.2 Å². The molecule has 1 amide bonds. The summed E-state index contributed by atoms with van der Waals surface area (Å²) in [4.78, 5) is 12.4. The second kappa shape index (κ2) is 8.60. The fourth-order valence-corrected chi connectivity index (χ4v) is 4.13. The first-order chi connectivity index (χ1) is 11.4. The molecule has 0 aromatic heterocycles. The topological polar surface area (TPSA) is 75.7 Å². The fraction of sp³-hybridized carbons (Fsp3) is 0.588. The van der Waals surface area contributed by atoms with Gasteiger partial charge in [0, 0.05) is 31.8 Å². The molecule has 2 rings (SSSR count). The standard InChI is InChI=1S/C17H26N2O4S/c1-14(2)23-12-6-9-18-17(20)15-7-5-8-16(13-15)24(21,22)19-10-3-4-11-19/h5,7-8,13-14H,3-4,6,9-12H2,1-2H3,(H,18,20). The number of carbonyl (C=O) groups excluding carboxylic acids is 1. The van der Waals surface area contributed by atoms with Gasteiger partial charge in [-0.3, -0.25) is 4.79 Å². The molecule has 0 unspecified atom stereocenters. The summed E-state index contributed by atoms with van der Waals surface area (Å²) < 4.78 is 32.0. The summed E-state index contributed by atoms with van der Waals surface area (Å²) in [6, 6.07) is 6.23. The normalized spacial score (nSPS) is 15.8. The SMILES string of the molecule is CC(C)OCCCNC(=O)c1cccc(S(=O)(=O)N2CCCC2)c1. The van der Waals surface area contributed by atoms with Gasteiger partial charge in [-0.2, -0.15) is 4.31 Å². The largest absolute Gasteiger partial charge is 0.379 e. The molecule has 1 fully saturated rings. The second-order valence-corrected chi connectivity index (χ2v) is 8.11. The van der Waals surface area contributed by atoms with Crippen molar-refractivity contribution in [3.8, 4) is 0 Å². The molecule has 1 aliphatic heterocycles. The monoisotopic (exact) mass is 354 g/mol. The van der Waals surface area contributed by atoms with Crippen LogP contribution >= 0.6 is 0 Å². The average Bonchev–Trinajstić information content (AvgIpc) is 3.09. The number of nitrogens with zero attached hydrogens (tertiary/aromatic N) is 1. The number of nitrogens with one attached hydrogen (secondary N) is 1. The molecule has 1 aromatic rings. The van der Waals surface area contributed by atoms with Gasteiger partial charge < -0.3 is 10.1 Å². The van der Waals surface area contributed by atoms with Crippen LogP contribution in [0.4, 0.5) is 0 Å². The van der Waals surface area contributed by atoms with Gasteiger partial charge in [-0.05, 0) is 51.3 Å². The number of hydrogen-bond donors (Lipinski definition) is 1.